The molecular weight excluding hydrogens is 228 g/mol. The van der Waals surface area contributed by atoms with Gasteiger partial charge in [-0.2, -0.15) is 4.98 Å². The predicted molar refractivity (Wildman–Crippen MR) is 62.5 cm³/mol. The molecule has 0 radical (unpaired) electrons. The van der Waals surface area contributed by atoms with Gasteiger partial charge in [0.25, 0.3) is 5.89 Å². The van der Waals surface area contributed by atoms with Crippen molar-refractivity contribution in [1.29, 1.82) is 0 Å². The summed E-state index contributed by atoms with van der Waals surface area (Å²) in [6, 6.07) is 0. The van der Waals surface area contributed by atoms with E-state index in [1.807, 2.05) is 13.8 Å². The first-order chi connectivity index (χ1) is 7.57. The SMILES string of the molecule is CCCC(Cl)c1noc(C(C)(CC)OC)n1. The molecule has 0 aliphatic carbocycles. The smallest absolute Gasteiger partial charge is 0.258 e. The highest BCUT2D eigenvalue weighted by Crippen LogP contribution is 2.29. The zero-order chi connectivity index (χ0) is 12.2. The Morgan fingerprint density at radius 1 is 1.50 bits per heavy atom. The summed E-state index contributed by atoms with van der Waals surface area (Å²) < 4.78 is 10.6. The van der Waals surface area contributed by atoms with Crippen molar-refractivity contribution in [3.8, 4) is 0 Å². The highest BCUT2D eigenvalue weighted by atomic mass is 35.5. The molecule has 0 saturated carbocycles. The van der Waals surface area contributed by atoms with E-state index < -0.39 is 5.60 Å². The van der Waals surface area contributed by atoms with Crippen molar-refractivity contribution in [3.05, 3.63) is 11.7 Å². The van der Waals surface area contributed by atoms with Gasteiger partial charge in [0.1, 0.15) is 5.60 Å². The lowest BCUT2D eigenvalue weighted by Crippen LogP contribution is -2.23. The van der Waals surface area contributed by atoms with Crippen LogP contribution in [0.2, 0.25) is 0 Å². The van der Waals surface area contributed by atoms with Crippen molar-refractivity contribution in [3.63, 3.8) is 0 Å². The van der Waals surface area contributed by atoms with E-state index >= 15 is 0 Å². The third-order valence-electron chi connectivity index (χ3n) is 2.84. The first kappa shape index (κ1) is 13.5. The monoisotopic (exact) mass is 246 g/mol. The second-order valence-corrected chi connectivity index (χ2v) is 4.53. The zero-order valence-corrected chi connectivity index (χ0v) is 11.0. The van der Waals surface area contributed by atoms with Crippen LogP contribution in [0.25, 0.3) is 0 Å². The number of hydrogen-bond donors (Lipinski definition) is 0. The molecule has 92 valence electrons. The molecule has 0 aliphatic rings. The number of aromatic nitrogens is 2. The summed E-state index contributed by atoms with van der Waals surface area (Å²) in [5.41, 5.74) is -0.520. The second-order valence-electron chi connectivity index (χ2n) is 4.00. The number of nitrogens with zero attached hydrogens (tertiary/aromatic N) is 2. The first-order valence-corrected chi connectivity index (χ1v) is 6.04. The van der Waals surface area contributed by atoms with E-state index in [4.69, 9.17) is 20.9 Å². The Bertz CT molecular complexity index is 324. The molecule has 1 rings (SSSR count). The van der Waals surface area contributed by atoms with Gasteiger partial charge in [-0.3, -0.25) is 0 Å². The first-order valence-electron chi connectivity index (χ1n) is 5.60. The third kappa shape index (κ3) is 2.74. The van der Waals surface area contributed by atoms with E-state index in [2.05, 4.69) is 17.1 Å². The van der Waals surface area contributed by atoms with Gasteiger partial charge in [0.2, 0.25) is 0 Å². The molecule has 2 atom stereocenters. The molecule has 1 aromatic rings. The summed E-state index contributed by atoms with van der Waals surface area (Å²) in [5, 5.41) is 3.72. The maximum Gasteiger partial charge on any atom is 0.258 e. The normalized spacial score (nSPS) is 17.1. The Kier molecular flexibility index (Phi) is 4.74. The molecular formula is C11H19ClN2O2. The van der Waals surface area contributed by atoms with Gasteiger partial charge in [-0.15, -0.1) is 11.6 Å². The summed E-state index contributed by atoms with van der Waals surface area (Å²) in [5.74, 6) is 1.05. The maximum absolute atomic E-state index is 6.13. The summed E-state index contributed by atoms with van der Waals surface area (Å²) in [6.45, 7) is 6.01. The molecule has 5 heteroatoms. The molecule has 16 heavy (non-hydrogen) atoms. The average molecular weight is 247 g/mol. The Labute approximate surface area is 101 Å². The van der Waals surface area contributed by atoms with Crippen LogP contribution in [0.3, 0.4) is 0 Å². The number of hydrogen-bond acceptors (Lipinski definition) is 4. The lowest BCUT2D eigenvalue weighted by Gasteiger charge is -2.21. The van der Waals surface area contributed by atoms with Crippen LogP contribution >= 0.6 is 11.6 Å². The summed E-state index contributed by atoms with van der Waals surface area (Å²) in [4.78, 5) is 4.31. The lowest BCUT2D eigenvalue weighted by atomic mass is 10.0. The van der Waals surface area contributed by atoms with Gasteiger partial charge in [0.15, 0.2) is 5.82 Å². The second kappa shape index (κ2) is 5.64. The molecule has 4 nitrogen and oxygen atoms in total. The van der Waals surface area contributed by atoms with Crippen LogP contribution in [0.1, 0.15) is 57.1 Å². The predicted octanol–water partition coefficient (Wildman–Crippen LogP) is 3.42. The average Bonchev–Trinajstić information content (AvgIpc) is 2.78. The minimum Gasteiger partial charge on any atom is -0.369 e. The number of ether oxygens (including phenoxy) is 1. The van der Waals surface area contributed by atoms with E-state index in [0.717, 1.165) is 19.3 Å². The van der Waals surface area contributed by atoms with Crippen molar-refractivity contribution in [2.45, 2.75) is 51.0 Å². The number of rotatable bonds is 6. The highest BCUT2D eigenvalue weighted by Gasteiger charge is 2.31. The molecule has 1 aromatic heterocycles. The summed E-state index contributed by atoms with van der Waals surface area (Å²) in [6.07, 6.45) is 2.61. The minimum absolute atomic E-state index is 0.180. The molecule has 0 amide bonds. The van der Waals surface area contributed by atoms with E-state index in [0.29, 0.717) is 11.7 Å². The zero-order valence-electron chi connectivity index (χ0n) is 10.3. The van der Waals surface area contributed by atoms with Crippen LogP contribution in [-0.4, -0.2) is 17.3 Å². The van der Waals surface area contributed by atoms with Crippen LogP contribution in [0.4, 0.5) is 0 Å². The quantitative estimate of drug-likeness (QED) is 0.722. The largest absolute Gasteiger partial charge is 0.369 e. The molecule has 0 saturated heterocycles. The van der Waals surface area contributed by atoms with Crippen molar-refractivity contribution < 1.29 is 9.26 Å². The topological polar surface area (TPSA) is 48.2 Å². The highest BCUT2D eigenvalue weighted by molar-refractivity contribution is 6.20. The van der Waals surface area contributed by atoms with E-state index in [9.17, 15) is 0 Å². The molecule has 0 fully saturated rings. The van der Waals surface area contributed by atoms with E-state index in [1.54, 1.807) is 7.11 Å². The van der Waals surface area contributed by atoms with Gasteiger partial charge in [0.05, 0.1) is 5.38 Å². The van der Waals surface area contributed by atoms with Crippen LogP contribution < -0.4 is 0 Å². The van der Waals surface area contributed by atoms with Crippen LogP contribution in [-0.2, 0) is 10.3 Å². The van der Waals surface area contributed by atoms with E-state index in [1.165, 1.54) is 0 Å². The lowest BCUT2D eigenvalue weighted by molar-refractivity contribution is -0.0272. The maximum atomic E-state index is 6.13. The van der Waals surface area contributed by atoms with Crippen molar-refractivity contribution in [2.75, 3.05) is 7.11 Å². The molecule has 2 unspecified atom stereocenters. The number of methoxy groups -OCH3 is 1. The van der Waals surface area contributed by atoms with Gasteiger partial charge in [0, 0.05) is 7.11 Å². The molecule has 0 spiro atoms. The standard InChI is InChI=1S/C11H19ClN2O2/c1-5-7-8(12)9-13-10(16-14-9)11(3,6-2)15-4/h8H,5-7H2,1-4H3. The summed E-state index contributed by atoms with van der Waals surface area (Å²) in [7, 11) is 1.64. The van der Waals surface area contributed by atoms with Crippen molar-refractivity contribution >= 4 is 11.6 Å². The Morgan fingerprint density at radius 2 is 2.19 bits per heavy atom. The minimum atomic E-state index is -0.520. The van der Waals surface area contributed by atoms with Gasteiger partial charge in [-0.1, -0.05) is 25.4 Å². The Hall–Kier alpha value is -0.610. The van der Waals surface area contributed by atoms with Crippen LogP contribution in [0.15, 0.2) is 4.52 Å². The number of alkyl halides is 1. The fraction of sp³-hybridized carbons (Fsp3) is 0.818. The number of halogens is 1. The molecule has 1 heterocycles. The molecule has 0 aromatic carbocycles. The Morgan fingerprint density at radius 3 is 2.69 bits per heavy atom. The van der Waals surface area contributed by atoms with Gasteiger partial charge in [-0.05, 0) is 19.8 Å². The molecule has 0 N–H and O–H groups in total. The van der Waals surface area contributed by atoms with E-state index in [-0.39, 0.29) is 5.38 Å². The van der Waals surface area contributed by atoms with Gasteiger partial charge in [-0.25, -0.2) is 0 Å². The fourth-order valence-corrected chi connectivity index (χ4v) is 1.65. The molecule has 0 bridgehead atoms. The van der Waals surface area contributed by atoms with Gasteiger partial charge < -0.3 is 9.26 Å². The third-order valence-corrected chi connectivity index (χ3v) is 3.26. The van der Waals surface area contributed by atoms with Crippen molar-refractivity contribution in [2.24, 2.45) is 0 Å². The van der Waals surface area contributed by atoms with Crippen LogP contribution in [0.5, 0.6) is 0 Å². The van der Waals surface area contributed by atoms with Gasteiger partial charge >= 0.3 is 0 Å². The van der Waals surface area contributed by atoms with Crippen molar-refractivity contribution in [1.82, 2.24) is 10.1 Å². The fourth-order valence-electron chi connectivity index (χ4n) is 1.34. The Balaban J connectivity index is 2.85. The summed E-state index contributed by atoms with van der Waals surface area (Å²) >= 11 is 6.13. The van der Waals surface area contributed by atoms with Crippen LogP contribution in [0, 0.1) is 0 Å². The molecule has 0 aliphatic heterocycles.